The summed E-state index contributed by atoms with van der Waals surface area (Å²) in [7, 11) is 0. The zero-order chi connectivity index (χ0) is 18.1. The van der Waals surface area contributed by atoms with Gasteiger partial charge in [0.05, 0.1) is 5.56 Å². The van der Waals surface area contributed by atoms with Gasteiger partial charge in [0.15, 0.2) is 5.82 Å². The molecule has 4 rings (SSSR count). The lowest BCUT2D eigenvalue weighted by molar-refractivity contribution is 0.102. The average molecular weight is 350 g/mol. The predicted octanol–water partition coefficient (Wildman–Crippen LogP) is 4.13. The highest BCUT2D eigenvalue weighted by atomic mass is 16.3. The molecular formula is C20H22N4O2. The van der Waals surface area contributed by atoms with Gasteiger partial charge in [-0.15, -0.1) is 10.2 Å². The van der Waals surface area contributed by atoms with E-state index in [0.717, 1.165) is 54.5 Å². The molecule has 0 saturated carbocycles. The number of aromatic nitrogens is 3. The van der Waals surface area contributed by atoms with Gasteiger partial charge in [0.25, 0.3) is 5.91 Å². The van der Waals surface area contributed by atoms with Crippen molar-refractivity contribution in [1.29, 1.82) is 0 Å². The highest BCUT2D eigenvalue weighted by Gasteiger charge is 2.17. The summed E-state index contributed by atoms with van der Waals surface area (Å²) in [4.78, 5) is 12.5. The quantitative estimate of drug-likeness (QED) is 0.771. The number of amides is 1. The average Bonchev–Trinajstić information content (AvgIpc) is 3.09. The maximum Gasteiger partial charge on any atom is 0.259 e. The van der Waals surface area contributed by atoms with Crippen molar-refractivity contribution in [2.75, 3.05) is 5.32 Å². The molecule has 0 atom stereocenters. The van der Waals surface area contributed by atoms with Gasteiger partial charge in [0, 0.05) is 24.2 Å². The maximum absolute atomic E-state index is 12.5. The molecule has 0 spiro atoms. The van der Waals surface area contributed by atoms with Crippen LogP contribution in [0.1, 0.15) is 47.0 Å². The second kappa shape index (κ2) is 6.78. The van der Waals surface area contributed by atoms with E-state index in [1.807, 2.05) is 31.2 Å². The first kappa shape index (κ1) is 16.6. The number of hydrogen-bond acceptors (Lipinski definition) is 4. The Balaban J connectivity index is 1.60. The number of carbonyl (C=O) groups excluding carboxylic acids is 1. The van der Waals surface area contributed by atoms with E-state index in [0.29, 0.717) is 11.3 Å². The van der Waals surface area contributed by atoms with Crippen molar-refractivity contribution >= 4 is 11.6 Å². The monoisotopic (exact) mass is 350 g/mol. The van der Waals surface area contributed by atoms with Crippen molar-refractivity contribution in [3.63, 3.8) is 0 Å². The largest absolute Gasteiger partial charge is 0.466 e. The number of benzene rings is 1. The number of nitrogens with one attached hydrogen (secondary N) is 1. The maximum atomic E-state index is 12.5. The Morgan fingerprint density at radius 1 is 1.15 bits per heavy atom. The normalized spacial score (nSPS) is 13.9. The van der Waals surface area contributed by atoms with E-state index < -0.39 is 0 Å². The van der Waals surface area contributed by atoms with E-state index in [9.17, 15) is 4.79 Å². The third kappa shape index (κ3) is 3.14. The van der Waals surface area contributed by atoms with Crippen LogP contribution in [0.5, 0.6) is 0 Å². The van der Waals surface area contributed by atoms with Crippen LogP contribution in [0.2, 0.25) is 0 Å². The minimum absolute atomic E-state index is 0.170. The molecule has 3 heterocycles. The minimum Gasteiger partial charge on any atom is -0.466 e. The lowest BCUT2D eigenvalue weighted by Crippen LogP contribution is -2.12. The lowest BCUT2D eigenvalue weighted by atomic mass is 10.1. The molecule has 3 aromatic rings. The molecule has 2 aromatic heterocycles. The fourth-order valence-corrected chi connectivity index (χ4v) is 3.49. The highest BCUT2D eigenvalue weighted by molar-refractivity contribution is 6.05. The van der Waals surface area contributed by atoms with E-state index in [1.54, 1.807) is 13.0 Å². The minimum atomic E-state index is -0.170. The van der Waals surface area contributed by atoms with Gasteiger partial charge in [-0.1, -0.05) is 18.6 Å². The second-order valence-corrected chi connectivity index (χ2v) is 6.76. The number of nitrogens with zero attached hydrogens (tertiary/aromatic N) is 3. The molecule has 0 saturated heterocycles. The first-order valence-electron chi connectivity index (χ1n) is 9.03. The molecule has 6 nitrogen and oxygen atoms in total. The van der Waals surface area contributed by atoms with Crippen molar-refractivity contribution in [2.24, 2.45) is 0 Å². The van der Waals surface area contributed by atoms with Gasteiger partial charge >= 0.3 is 0 Å². The summed E-state index contributed by atoms with van der Waals surface area (Å²) in [6.07, 6.45) is 4.51. The van der Waals surface area contributed by atoms with Gasteiger partial charge in [-0.3, -0.25) is 4.79 Å². The number of carbonyl (C=O) groups is 1. The van der Waals surface area contributed by atoms with Crippen molar-refractivity contribution in [3.05, 3.63) is 53.2 Å². The summed E-state index contributed by atoms with van der Waals surface area (Å²) in [6, 6.07) is 9.51. The Morgan fingerprint density at radius 3 is 2.85 bits per heavy atom. The van der Waals surface area contributed by atoms with Crippen LogP contribution in [0.3, 0.4) is 0 Å². The zero-order valence-corrected chi connectivity index (χ0v) is 15.1. The number of hydrogen-bond donors (Lipinski definition) is 1. The zero-order valence-electron chi connectivity index (χ0n) is 15.1. The van der Waals surface area contributed by atoms with Crippen molar-refractivity contribution in [2.45, 2.75) is 46.1 Å². The summed E-state index contributed by atoms with van der Waals surface area (Å²) < 4.78 is 7.65. The Bertz CT molecular complexity index is 955. The van der Waals surface area contributed by atoms with Crippen LogP contribution >= 0.6 is 0 Å². The number of furan rings is 1. The Morgan fingerprint density at radius 2 is 2.04 bits per heavy atom. The first-order chi connectivity index (χ1) is 12.6. The van der Waals surface area contributed by atoms with Gasteiger partial charge in [0.2, 0.25) is 0 Å². The topological polar surface area (TPSA) is 73.0 Å². The molecule has 0 bridgehead atoms. The number of fused-ring (bicyclic) bond motifs is 1. The summed E-state index contributed by atoms with van der Waals surface area (Å²) in [5.41, 5.74) is 2.25. The Kier molecular flexibility index (Phi) is 4.32. The second-order valence-electron chi connectivity index (χ2n) is 6.76. The van der Waals surface area contributed by atoms with E-state index >= 15 is 0 Å². The van der Waals surface area contributed by atoms with Gasteiger partial charge < -0.3 is 14.3 Å². The van der Waals surface area contributed by atoms with Crippen molar-refractivity contribution in [3.8, 4) is 11.4 Å². The molecule has 0 aliphatic carbocycles. The smallest absolute Gasteiger partial charge is 0.259 e. The molecule has 1 aliphatic rings. The van der Waals surface area contributed by atoms with Crippen molar-refractivity contribution in [1.82, 2.24) is 14.8 Å². The molecule has 134 valence electrons. The number of rotatable bonds is 3. The standard InChI is InChI=1S/C20H22N4O2/c1-13-11-17(14(2)26-13)20(25)21-16-8-6-7-15(12-16)19-23-22-18-9-4-3-5-10-24(18)19/h6-8,11-12H,3-5,9-10H2,1-2H3,(H,21,25). The molecule has 1 aliphatic heterocycles. The molecule has 0 radical (unpaired) electrons. The Labute approximate surface area is 152 Å². The molecule has 0 fully saturated rings. The molecule has 1 N–H and O–H groups in total. The number of anilines is 1. The molecule has 26 heavy (non-hydrogen) atoms. The fourth-order valence-electron chi connectivity index (χ4n) is 3.49. The highest BCUT2D eigenvalue weighted by Crippen LogP contribution is 2.25. The third-order valence-corrected chi connectivity index (χ3v) is 4.77. The summed E-state index contributed by atoms with van der Waals surface area (Å²) >= 11 is 0. The van der Waals surface area contributed by atoms with E-state index in [2.05, 4.69) is 20.1 Å². The van der Waals surface area contributed by atoms with E-state index in [4.69, 9.17) is 4.42 Å². The number of aryl methyl sites for hydroxylation is 3. The van der Waals surface area contributed by atoms with Gasteiger partial charge in [-0.2, -0.15) is 0 Å². The van der Waals surface area contributed by atoms with Crippen molar-refractivity contribution < 1.29 is 9.21 Å². The van der Waals surface area contributed by atoms with E-state index in [1.165, 1.54) is 6.42 Å². The van der Waals surface area contributed by atoms with Gasteiger partial charge in [0.1, 0.15) is 17.3 Å². The molecule has 0 unspecified atom stereocenters. The molecule has 1 aromatic carbocycles. The van der Waals surface area contributed by atoms with Crippen LogP contribution in [0, 0.1) is 13.8 Å². The molecular weight excluding hydrogens is 328 g/mol. The summed E-state index contributed by atoms with van der Waals surface area (Å²) in [6.45, 7) is 4.58. The van der Waals surface area contributed by atoms with Crippen LogP contribution in [0.25, 0.3) is 11.4 Å². The van der Waals surface area contributed by atoms with Crippen LogP contribution in [-0.2, 0) is 13.0 Å². The first-order valence-corrected chi connectivity index (χ1v) is 9.03. The lowest BCUT2D eigenvalue weighted by Gasteiger charge is -2.09. The Hall–Kier alpha value is -2.89. The predicted molar refractivity (Wildman–Crippen MR) is 99.1 cm³/mol. The van der Waals surface area contributed by atoms with Crippen LogP contribution < -0.4 is 5.32 Å². The van der Waals surface area contributed by atoms with Gasteiger partial charge in [-0.05, 0) is 44.9 Å². The third-order valence-electron chi connectivity index (χ3n) is 4.77. The summed E-state index contributed by atoms with van der Waals surface area (Å²) in [5, 5.41) is 11.7. The summed E-state index contributed by atoms with van der Waals surface area (Å²) in [5.74, 6) is 3.10. The van der Waals surface area contributed by atoms with E-state index in [-0.39, 0.29) is 5.91 Å². The van der Waals surface area contributed by atoms with Crippen LogP contribution in [0.4, 0.5) is 5.69 Å². The van der Waals surface area contributed by atoms with Gasteiger partial charge in [-0.25, -0.2) is 0 Å². The fraction of sp³-hybridized carbons (Fsp3) is 0.350. The molecule has 6 heteroatoms. The molecule has 1 amide bonds. The SMILES string of the molecule is Cc1cc(C(=O)Nc2cccc(-c3nnc4n3CCCCC4)c2)c(C)o1. The van der Waals surface area contributed by atoms with Crippen LogP contribution in [-0.4, -0.2) is 20.7 Å². The van der Waals surface area contributed by atoms with Crippen LogP contribution in [0.15, 0.2) is 34.7 Å².